The molecular weight excluding hydrogens is 166 g/mol. The molecule has 0 bridgehead atoms. The van der Waals surface area contributed by atoms with E-state index in [9.17, 15) is 5.11 Å². The second kappa shape index (κ2) is 7.30. The Kier molecular flexibility index (Phi) is 7.23. The predicted molar refractivity (Wildman–Crippen MR) is 54.8 cm³/mol. The zero-order valence-corrected chi connectivity index (χ0v) is 9.21. The first kappa shape index (κ1) is 12.9. The van der Waals surface area contributed by atoms with E-state index in [1.165, 1.54) is 0 Å². The molecule has 2 N–H and O–H groups in total. The normalized spacial score (nSPS) is 16.2. The second-order valence-electron chi connectivity index (χ2n) is 3.81. The van der Waals surface area contributed by atoms with Crippen LogP contribution in [0.15, 0.2) is 0 Å². The summed E-state index contributed by atoms with van der Waals surface area (Å²) < 4.78 is 4.94. The van der Waals surface area contributed by atoms with Crippen LogP contribution in [0, 0.1) is 5.92 Å². The van der Waals surface area contributed by atoms with Crippen LogP contribution in [0.5, 0.6) is 0 Å². The fourth-order valence-corrected chi connectivity index (χ4v) is 1.45. The Morgan fingerprint density at radius 3 is 2.31 bits per heavy atom. The van der Waals surface area contributed by atoms with E-state index in [4.69, 9.17) is 4.74 Å². The van der Waals surface area contributed by atoms with Crippen LogP contribution in [-0.2, 0) is 4.74 Å². The number of hydrogen-bond acceptors (Lipinski definition) is 3. The van der Waals surface area contributed by atoms with Gasteiger partial charge >= 0.3 is 0 Å². The summed E-state index contributed by atoms with van der Waals surface area (Å²) in [5, 5.41) is 12.8. The SMILES string of the molecule is COCCCNC(C(C)C)C(C)O. The summed E-state index contributed by atoms with van der Waals surface area (Å²) in [6.45, 7) is 7.73. The summed E-state index contributed by atoms with van der Waals surface area (Å²) in [5.41, 5.74) is 0. The highest BCUT2D eigenvalue weighted by atomic mass is 16.5. The van der Waals surface area contributed by atoms with Crippen molar-refractivity contribution in [1.29, 1.82) is 0 Å². The van der Waals surface area contributed by atoms with Gasteiger partial charge in [-0.05, 0) is 25.8 Å². The molecule has 0 aromatic rings. The summed E-state index contributed by atoms with van der Waals surface area (Å²) in [6.07, 6.45) is 0.703. The monoisotopic (exact) mass is 189 g/mol. The Bertz CT molecular complexity index is 107. The van der Waals surface area contributed by atoms with E-state index >= 15 is 0 Å². The highest BCUT2D eigenvalue weighted by Crippen LogP contribution is 2.05. The maximum atomic E-state index is 9.45. The molecule has 0 aliphatic rings. The molecule has 0 aliphatic heterocycles. The van der Waals surface area contributed by atoms with Crippen molar-refractivity contribution in [3.63, 3.8) is 0 Å². The van der Waals surface area contributed by atoms with Crippen molar-refractivity contribution in [1.82, 2.24) is 5.32 Å². The Labute approximate surface area is 81.5 Å². The minimum absolute atomic E-state index is 0.192. The van der Waals surface area contributed by atoms with Gasteiger partial charge in [-0.15, -0.1) is 0 Å². The largest absolute Gasteiger partial charge is 0.392 e. The lowest BCUT2D eigenvalue weighted by molar-refractivity contribution is 0.118. The standard InChI is InChI=1S/C10H23NO2/c1-8(2)10(9(3)12)11-6-5-7-13-4/h8-12H,5-7H2,1-4H3. The van der Waals surface area contributed by atoms with E-state index < -0.39 is 0 Å². The van der Waals surface area contributed by atoms with Gasteiger partial charge in [0.05, 0.1) is 6.10 Å². The zero-order valence-electron chi connectivity index (χ0n) is 9.21. The minimum atomic E-state index is -0.289. The highest BCUT2D eigenvalue weighted by molar-refractivity contribution is 4.75. The van der Waals surface area contributed by atoms with E-state index in [2.05, 4.69) is 19.2 Å². The topological polar surface area (TPSA) is 41.5 Å². The van der Waals surface area contributed by atoms with E-state index in [0.29, 0.717) is 5.92 Å². The quantitative estimate of drug-likeness (QED) is 0.587. The van der Waals surface area contributed by atoms with Crippen LogP contribution in [0.1, 0.15) is 27.2 Å². The minimum Gasteiger partial charge on any atom is -0.392 e. The third kappa shape index (κ3) is 6.02. The molecule has 0 fully saturated rings. The van der Waals surface area contributed by atoms with Crippen LogP contribution in [-0.4, -0.2) is 37.5 Å². The van der Waals surface area contributed by atoms with Gasteiger partial charge in [-0.1, -0.05) is 13.8 Å². The molecule has 0 heterocycles. The molecule has 0 aromatic heterocycles. The van der Waals surface area contributed by atoms with Crippen LogP contribution in [0.25, 0.3) is 0 Å². The summed E-state index contributed by atoms with van der Waals surface area (Å²) >= 11 is 0. The summed E-state index contributed by atoms with van der Waals surface area (Å²) in [5.74, 6) is 0.461. The van der Waals surface area contributed by atoms with E-state index in [1.807, 2.05) is 6.92 Å². The van der Waals surface area contributed by atoms with Crippen LogP contribution >= 0.6 is 0 Å². The van der Waals surface area contributed by atoms with Gasteiger partial charge in [-0.25, -0.2) is 0 Å². The van der Waals surface area contributed by atoms with Crippen LogP contribution in [0.3, 0.4) is 0 Å². The van der Waals surface area contributed by atoms with Crippen molar-refractivity contribution < 1.29 is 9.84 Å². The molecule has 0 rings (SSSR count). The average molecular weight is 189 g/mol. The molecule has 13 heavy (non-hydrogen) atoms. The van der Waals surface area contributed by atoms with Crippen molar-refractivity contribution in [3.05, 3.63) is 0 Å². The molecule has 80 valence electrons. The molecule has 3 heteroatoms. The second-order valence-corrected chi connectivity index (χ2v) is 3.81. The average Bonchev–Trinajstić information content (AvgIpc) is 2.02. The Morgan fingerprint density at radius 1 is 1.31 bits per heavy atom. The number of nitrogens with one attached hydrogen (secondary N) is 1. The molecule has 0 amide bonds. The highest BCUT2D eigenvalue weighted by Gasteiger charge is 2.17. The van der Waals surface area contributed by atoms with Crippen LogP contribution in [0.2, 0.25) is 0 Å². The number of methoxy groups -OCH3 is 1. The maximum absolute atomic E-state index is 9.45. The van der Waals surface area contributed by atoms with Gasteiger partial charge in [0.2, 0.25) is 0 Å². The van der Waals surface area contributed by atoms with Gasteiger partial charge in [0.1, 0.15) is 0 Å². The lowest BCUT2D eigenvalue weighted by atomic mass is 9.99. The zero-order chi connectivity index (χ0) is 10.3. The van der Waals surface area contributed by atoms with Gasteiger partial charge < -0.3 is 15.2 Å². The smallest absolute Gasteiger partial charge is 0.0667 e. The van der Waals surface area contributed by atoms with Gasteiger partial charge in [0.25, 0.3) is 0 Å². The fraction of sp³-hybridized carbons (Fsp3) is 1.00. The van der Waals surface area contributed by atoms with Crippen LogP contribution < -0.4 is 5.32 Å². The third-order valence-corrected chi connectivity index (χ3v) is 2.14. The molecule has 0 aromatic carbocycles. The first-order chi connectivity index (χ1) is 6.09. The molecule has 0 aliphatic carbocycles. The van der Waals surface area contributed by atoms with Crippen LogP contribution in [0.4, 0.5) is 0 Å². The van der Waals surface area contributed by atoms with E-state index in [-0.39, 0.29) is 12.1 Å². The van der Waals surface area contributed by atoms with Crippen molar-refractivity contribution in [2.75, 3.05) is 20.3 Å². The lowest BCUT2D eigenvalue weighted by Crippen LogP contribution is -2.43. The molecule has 2 atom stereocenters. The van der Waals surface area contributed by atoms with Gasteiger partial charge in [-0.3, -0.25) is 0 Å². The summed E-state index contributed by atoms with van der Waals surface area (Å²) in [6, 6.07) is 0.192. The van der Waals surface area contributed by atoms with Crippen molar-refractivity contribution in [2.24, 2.45) is 5.92 Å². The molecule has 0 spiro atoms. The predicted octanol–water partition coefficient (Wildman–Crippen LogP) is 1.02. The van der Waals surface area contributed by atoms with E-state index in [0.717, 1.165) is 19.6 Å². The number of aliphatic hydroxyl groups is 1. The third-order valence-electron chi connectivity index (χ3n) is 2.14. The fourth-order valence-electron chi connectivity index (χ4n) is 1.45. The van der Waals surface area contributed by atoms with E-state index in [1.54, 1.807) is 7.11 Å². The number of hydrogen-bond donors (Lipinski definition) is 2. The molecule has 0 saturated heterocycles. The molecule has 0 saturated carbocycles. The van der Waals surface area contributed by atoms with Gasteiger partial charge in [0.15, 0.2) is 0 Å². The summed E-state index contributed by atoms with van der Waals surface area (Å²) in [7, 11) is 1.70. The summed E-state index contributed by atoms with van der Waals surface area (Å²) in [4.78, 5) is 0. The number of ether oxygens (including phenoxy) is 1. The van der Waals surface area contributed by atoms with Gasteiger partial charge in [0, 0.05) is 19.8 Å². The van der Waals surface area contributed by atoms with Gasteiger partial charge in [-0.2, -0.15) is 0 Å². The lowest BCUT2D eigenvalue weighted by Gasteiger charge is -2.25. The Hall–Kier alpha value is -0.120. The van der Waals surface area contributed by atoms with Crippen molar-refractivity contribution in [2.45, 2.75) is 39.3 Å². The Balaban J connectivity index is 3.58. The number of aliphatic hydroxyl groups excluding tert-OH is 1. The van der Waals surface area contributed by atoms with Crippen molar-refractivity contribution >= 4 is 0 Å². The molecule has 2 unspecified atom stereocenters. The van der Waals surface area contributed by atoms with Crippen molar-refractivity contribution in [3.8, 4) is 0 Å². The number of rotatable bonds is 7. The first-order valence-corrected chi connectivity index (χ1v) is 5.00. The maximum Gasteiger partial charge on any atom is 0.0667 e. The molecular formula is C10H23NO2. The molecule has 0 radical (unpaired) electrons. The Morgan fingerprint density at radius 2 is 1.92 bits per heavy atom. The first-order valence-electron chi connectivity index (χ1n) is 5.00. The molecule has 3 nitrogen and oxygen atoms in total.